The lowest BCUT2D eigenvalue weighted by atomic mass is 10.4. The monoisotopic (exact) mass is 226 g/mol. The molecule has 0 saturated heterocycles. The maximum absolute atomic E-state index is 11.7. The lowest BCUT2D eigenvalue weighted by Crippen LogP contribution is -2.40. The van der Waals surface area contributed by atoms with Crippen molar-refractivity contribution >= 4 is 12.0 Å². The molecule has 1 rings (SSSR count). The molecule has 0 atom stereocenters. The molecule has 0 bridgehead atoms. The number of carbonyl (C=O) groups excluding carboxylic acids is 1. The molecule has 1 heterocycles. The SMILES string of the molecule is CN(CC(=O)O)C(=O)N(C)Cc1ccco1. The summed E-state index contributed by atoms with van der Waals surface area (Å²) in [6.07, 6.45) is 1.52. The van der Waals surface area contributed by atoms with E-state index in [4.69, 9.17) is 9.52 Å². The molecule has 0 aliphatic heterocycles. The van der Waals surface area contributed by atoms with Crippen LogP contribution in [0.15, 0.2) is 22.8 Å². The number of nitrogens with zero attached hydrogens (tertiary/aromatic N) is 2. The normalized spacial score (nSPS) is 9.88. The second-order valence-electron chi connectivity index (χ2n) is 3.47. The first-order valence-corrected chi connectivity index (χ1v) is 4.71. The summed E-state index contributed by atoms with van der Waals surface area (Å²) >= 11 is 0. The van der Waals surface area contributed by atoms with E-state index in [2.05, 4.69) is 0 Å². The Morgan fingerprint density at radius 2 is 2.06 bits per heavy atom. The largest absolute Gasteiger partial charge is 0.480 e. The lowest BCUT2D eigenvalue weighted by Gasteiger charge is -2.22. The van der Waals surface area contributed by atoms with Gasteiger partial charge in [-0.3, -0.25) is 4.79 Å². The Balaban J connectivity index is 2.50. The topological polar surface area (TPSA) is 74.0 Å². The molecular formula is C10H14N2O4. The molecule has 88 valence electrons. The summed E-state index contributed by atoms with van der Waals surface area (Å²) in [5, 5.41) is 8.54. The molecule has 0 aliphatic carbocycles. The van der Waals surface area contributed by atoms with Crippen molar-refractivity contribution in [2.75, 3.05) is 20.6 Å². The van der Waals surface area contributed by atoms with Crippen molar-refractivity contribution in [3.63, 3.8) is 0 Å². The van der Waals surface area contributed by atoms with Crippen molar-refractivity contribution in [2.45, 2.75) is 6.54 Å². The Morgan fingerprint density at radius 1 is 1.38 bits per heavy atom. The van der Waals surface area contributed by atoms with Gasteiger partial charge in [0.15, 0.2) is 0 Å². The highest BCUT2D eigenvalue weighted by Crippen LogP contribution is 2.05. The number of aliphatic carboxylic acids is 1. The van der Waals surface area contributed by atoms with Gasteiger partial charge < -0.3 is 19.3 Å². The Morgan fingerprint density at radius 3 is 2.56 bits per heavy atom. The molecule has 2 amide bonds. The van der Waals surface area contributed by atoms with Gasteiger partial charge in [0.05, 0.1) is 12.8 Å². The highest BCUT2D eigenvalue weighted by Gasteiger charge is 2.17. The number of hydrogen-bond acceptors (Lipinski definition) is 3. The smallest absolute Gasteiger partial charge is 0.323 e. The van der Waals surface area contributed by atoms with Crippen molar-refractivity contribution in [3.05, 3.63) is 24.2 Å². The Bertz CT molecular complexity index is 361. The minimum atomic E-state index is -1.04. The van der Waals surface area contributed by atoms with E-state index < -0.39 is 5.97 Å². The van der Waals surface area contributed by atoms with Gasteiger partial charge in [-0.25, -0.2) is 4.79 Å². The molecule has 1 aromatic rings. The average Bonchev–Trinajstić information content (AvgIpc) is 2.68. The number of rotatable bonds is 4. The molecule has 0 saturated carbocycles. The maximum atomic E-state index is 11.7. The van der Waals surface area contributed by atoms with E-state index in [0.717, 1.165) is 4.90 Å². The van der Waals surface area contributed by atoms with Gasteiger partial charge in [-0.15, -0.1) is 0 Å². The van der Waals surface area contributed by atoms with E-state index in [1.807, 2.05) is 0 Å². The van der Waals surface area contributed by atoms with Gasteiger partial charge in [-0.05, 0) is 12.1 Å². The van der Waals surface area contributed by atoms with Gasteiger partial charge >= 0.3 is 12.0 Å². The van der Waals surface area contributed by atoms with Crippen LogP contribution in [0, 0.1) is 0 Å². The molecule has 0 fully saturated rings. The van der Waals surface area contributed by atoms with Crippen LogP contribution in [0.2, 0.25) is 0 Å². The first-order valence-electron chi connectivity index (χ1n) is 4.71. The highest BCUT2D eigenvalue weighted by atomic mass is 16.4. The fraction of sp³-hybridized carbons (Fsp3) is 0.400. The van der Waals surface area contributed by atoms with Crippen LogP contribution in [0.4, 0.5) is 4.79 Å². The van der Waals surface area contributed by atoms with Crippen LogP contribution in [-0.4, -0.2) is 47.5 Å². The van der Waals surface area contributed by atoms with Gasteiger partial charge in [-0.2, -0.15) is 0 Å². The molecular weight excluding hydrogens is 212 g/mol. The van der Waals surface area contributed by atoms with Gasteiger partial charge in [0.1, 0.15) is 12.3 Å². The van der Waals surface area contributed by atoms with E-state index in [1.165, 1.54) is 18.2 Å². The third-order valence-electron chi connectivity index (χ3n) is 2.00. The fourth-order valence-corrected chi connectivity index (χ4v) is 1.27. The predicted molar refractivity (Wildman–Crippen MR) is 55.8 cm³/mol. The number of carbonyl (C=O) groups is 2. The molecule has 0 aromatic carbocycles. The van der Waals surface area contributed by atoms with E-state index >= 15 is 0 Å². The van der Waals surface area contributed by atoms with Gasteiger partial charge in [0.2, 0.25) is 0 Å². The third-order valence-corrected chi connectivity index (χ3v) is 2.00. The van der Waals surface area contributed by atoms with E-state index in [1.54, 1.807) is 19.2 Å². The Kier molecular flexibility index (Phi) is 3.93. The van der Waals surface area contributed by atoms with Crippen molar-refractivity contribution in [1.29, 1.82) is 0 Å². The highest BCUT2D eigenvalue weighted by molar-refractivity contribution is 5.79. The third kappa shape index (κ3) is 3.30. The van der Waals surface area contributed by atoms with Gasteiger partial charge in [-0.1, -0.05) is 0 Å². The van der Waals surface area contributed by atoms with E-state index in [0.29, 0.717) is 12.3 Å². The number of likely N-dealkylation sites (N-methyl/N-ethyl adjacent to an activating group) is 1. The molecule has 1 aromatic heterocycles. The van der Waals surface area contributed by atoms with Crippen LogP contribution < -0.4 is 0 Å². The zero-order chi connectivity index (χ0) is 12.1. The summed E-state index contributed by atoms with van der Waals surface area (Å²) in [6, 6.07) is 3.12. The predicted octanol–water partition coefficient (Wildman–Crippen LogP) is 0.848. The first kappa shape index (κ1) is 12.1. The van der Waals surface area contributed by atoms with Gasteiger partial charge in [0.25, 0.3) is 0 Å². The number of carboxylic acid groups (broad SMARTS) is 1. The van der Waals surface area contributed by atoms with Crippen LogP contribution >= 0.6 is 0 Å². The minimum Gasteiger partial charge on any atom is -0.480 e. The standard InChI is InChI=1S/C10H14N2O4/c1-11(6-8-4-3-5-16-8)10(15)12(2)7-9(13)14/h3-5H,6-7H2,1-2H3,(H,13,14). The van der Waals surface area contributed by atoms with E-state index in [9.17, 15) is 9.59 Å². The van der Waals surface area contributed by atoms with E-state index in [-0.39, 0.29) is 12.6 Å². The Hall–Kier alpha value is -1.98. The van der Waals surface area contributed by atoms with Crippen molar-refractivity contribution in [2.24, 2.45) is 0 Å². The van der Waals surface area contributed by atoms with Crippen molar-refractivity contribution in [3.8, 4) is 0 Å². The van der Waals surface area contributed by atoms with Gasteiger partial charge in [0, 0.05) is 14.1 Å². The second-order valence-corrected chi connectivity index (χ2v) is 3.47. The number of urea groups is 1. The summed E-state index contributed by atoms with van der Waals surface area (Å²) in [7, 11) is 3.03. The minimum absolute atomic E-state index is 0.315. The fourth-order valence-electron chi connectivity index (χ4n) is 1.27. The second kappa shape index (κ2) is 5.20. The zero-order valence-electron chi connectivity index (χ0n) is 9.21. The molecule has 0 unspecified atom stereocenters. The van der Waals surface area contributed by atoms with Crippen LogP contribution in [0.25, 0.3) is 0 Å². The van der Waals surface area contributed by atoms with Crippen LogP contribution in [-0.2, 0) is 11.3 Å². The summed E-state index contributed by atoms with van der Waals surface area (Å²) in [4.78, 5) is 24.6. The Labute approximate surface area is 93.1 Å². The number of furan rings is 1. The van der Waals surface area contributed by atoms with Crippen molar-refractivity contribution in [1.82, 2.24) is 9.80 Å². The molecule has 6 nitrogen and oxygen atoms in total. The summed E-state index contributed by atoms with van der Waals surface area (Å²) in [5.74, 6) is -0.387. The molecule has 1 N–H and O–H groups in total. The number of carboxylic acids is 1. The number of amides is 2. The zero-order valence-corrected chi connectivity index (χ0v) is 9.21. The molecule has 0 spiro atoms. The summed E-state index contributed by atoms with van der Waals surface area (Å²) in [5.41, 5.74) is 0. The average molecular weight is 226 g/mol. The molecule has 6 heteroatoms. The van der Waals surface area contributed by atoms with Crippen LogP contribution in [0.1, 0.15) is 5.76 Å². The first-order chi connectivity index (χ1) is 7.50. The maximum Gasteiger partial charge on any atom is 0.323 e. The van der Waals surface area contributed by atoms with Crippen LogP contribution in [0.5, 0.6) is 0 Å². The van der Waals surface area contributed by atoms with Crippen LogP contribution in [0.3, 0.4) is 0 Å². The summed E-state index contributed by atoms with van der Waals surface area (Å²) in [6.45, 7) is -0.00286. The molecule has 0 radical (unpaired) electrons. The molecule has 16 heavy (non-hydrogen) atoms. The lowest BCUT2D eigenvalue weighted by molar-refractivity contribution is -0.137. The quantitative estimate of drug-likeness (QED) is 0.825. The molecule has 0 aliphatic rings. The number of hydrogen-bond donors (Lipinski definition) is 1. The summed E-state index contributed by atoms with van der Waals surface area (Å²) < 4.78 is 5.09. The van der Waals surface area contributed by atoms with Crippen molar-refractivity contribution < 1.29 is 19.1 Å².